The molecule has 0 fully saturated rings. The lowest BCUT2D eigenvalue weighted by Crippen LogP contribution is -2.30. The highest BCUT2D eigenvalue weighted by Crippen LogP contribution is 2.33. The number of nitrogens with zero attached hydrogens (tertiary/aromatic N) is 1. The molecule has 1 aliphatic rings. The molecular weight excluding hydrogens is 474 g/mol. The molecule has 0 saturated carbocycles. The van der Waals surface area contributed by atoms with Crippen LogP contribution in [0.1, 0.15) is 34.1 Å². The molecule has 33 heavy (non-hydrogen) atoms. The molecular formula is C20H21N3O8S2. The maximum absolute atomic E-state index is 12.6. The highest BCUT2D eigenvalue weighted by Gasteiger charge is 2.25. The van der Waals surface area contributed by atoms with Gasteiger partial charge in [-0.25, -0.2) is 13.2 Å². The number of sulfonamides is 1. The van der Waals surface area contributed by atoms with Crippen LogP contribution in [0.4, 0.5) is 5.00 Å². The van der Waals surface area contributed by atoms with E-state index in [-0.39, 0.29) is 32.5 Å². The van der Waals surface area contributed by atoms with Gasteiger partial charge in [0.2, 0.25) is 10.0 Å². The van der Waals surface area contributed by atoms with Crippen LogP contribution >= 0.6 is 11.3 Å². The Balaban J connectivity index is 1.65. The number of hydrogen-bond acceptors (Lipinski definition) is 11. The third kappa shape index (κ3) is 5.72. The minimum absolute atomic E-state index is 0.00336. The number of hydrogen-bond donors (Lipinski definition) is 2. The van der Waals surface area contributed by atoms with Crippen LogP contribution in [0.3, 0.4) is 0 Å². The first-order valence-corrected chi connectivity index (χ1v) is 12.1. The zero-order valence-electron chi connectivity index (χ0n) is 17.6. The zero-order chi connectivity index (χ0) is 24.0. The Hall–Kier alpha value is -3.34. The molecule has 3 N–H and O–H groups in total. The van der Waals surface area contributed by atoms with E-state index in [4.69, 9.17) is 24.7 Å². The lowest BCUT2D eigenvalue weighted by Gasteiger charge is -2.11. The average molecular weight is 496 g/mol. The number of nitrogens with one attached hydrogen (secondary N) is 1. The molecule has 1 aromatic carbocycles. The van der Waals surface area contributed by atoms with Crippen molar-refractivity contribution in [3.05, 3.63) is 34.2 Å². The molecule has 1 aliphatic heterocycles. The van der Waals surface area contributed by atoms with Gasteiger partial charge in [0, 0.05) is 18.1 Å². The Bertz CT molecular complexity index is 1200. The van der Waals surface area contributed by atoms with Gasteiger partial charge in [-0.2, -0.15) is 9.98 Å². The van der Waals surface area contributed by atoms with E-state index in [9.17, 15) is 23.3 Å². The van der Waals surface area contributed by atoms with Gasteiger partial charge >= 0.3 is 11.9 Å². The fourth-order valence-corrected chi connectivity index (χ4v) is 4.76. The monoisotopic (exact) mass is 495 g/mol. The third-order valence-electron chi connectivity index (χ3n) is 4.42. The van der Waals surface area contributed by atoms with Crippen molar-refractivity contribution in [1.82, 2.24) is 4.72 Å². The number of anilines is 1. The number of fused-ring (bicyclic) bond motifs is 1. The number of nitriles is 1. The summed E-state index contributed by atoms with van der Waals surface area (Å²) in [6.45, 7) is 1.46. The molecule has 13 heteroatoms. The van der Waals surface area contributed by atoms with Gasteiger partial charge in [0.1, 0.15) is 29.1 Å². The zero-order valence-corrected chi connectivity index (χ0v) is 19.2. The maximum Gasteiger partial charge on any atom is 0.348 e. The van der Waals surface area contributed by atoms with Gasteiger partial charge in [-0.3, -0.25) is 4.79 Å². The van der Waals surface area contributed by atoms with Gasteiger partial charge in [0.05, 0.1) is 30.3 Å². The van der Waals surface area contributed by atoms with Crippen molar-refractivity contribution in [1.29, 1.82) is 5.26 Å². The molecule has 1 aromatic heterocycles. The van der Waals surface area contributed by atoms with Gasteiger partial charge in [-0.05, 0) is 19.1 Å². The van der Waals surface area contributed by atoms with Crippen LogP contribution in [0.2, 0.25) is 0 Å². The largest absolute Gasteiger partial charge is 0.490 e. The predicted octanol–water partition coefficient (Wildman–Crippen LogP) is 1.56. The van der Waals surface area contributed by atoms with Crippen LogP contribution in [0.15, 0.2) is 23.1 Å². The third-order valence-corrected chi connectivity index (χ3v) is 6.86. The summed E-state index contributed by atoms with van der Waals surface area (Å²) in [6, 6.07) is 5.99. The number of benzene rings is 1. The topological polar surface area (TPSA) is 167 Å². The van der Waals surface area contributed by atoms with E-state index in [0.717, 1.165) is 11.3 Å². The summed E-state index contributed by atoms with van der Waals surface area (Å²) < 4.78 is 48.2. The Kier molecular flexibility index (Phi) is 7.75. The molecule has 0 saturated heterocycles. The summed E-state index contributed by atoms with van der Waals surface area (Å²) in [5.41, 5.74) is 5.88. The number of nitrogen functional groups attached to an aromatic ring is 1. The maximum atomic E-state index is 12.6. The number of carbonyl (C=O) groups excluding carboxylic acids is 2. The highest BCUT2D eigenvalue weighted by molar-refractivity contribution is 7.89. The van der Waals surface area contributed by atoms with Crippen molar-refractivity contribution < 1.29 is 37.0 Å². The van der Waals surface area contributed by atoms with Gasteiger partial charge in [0.15, 0.2) is 11.5 Å². The SMILES string of the molecule is CCOC(=O)c1sc(N)c(C#N)c1COC(=O)CNS(=O)(=O)c1ccc2c(c1)OCCCO2. The lowest BCUT2D eigenvalue weighted by atomic mass is 10.1. The number of carbonyl (C=O) groups is 2. The lowest BCUT2D eigenvalue weighted by molar-refractivity contribution is -0.143. The molecule has 176 valence electrons. The molecule has 0 spiro atoms. The van der Waals surface area contributed by atoms with Crippen molar-refractivity contribution in [2.75, 3.05) is 32.1 Å². The normalized spacial score (nSPS) is 13.0. The van der Waals surface area contributed by atoms with E-state index in [1.807, 2.05) is 6.07 Å². The summed E-state index contributed by atoms with van der Waals surface area (Å²) in [5, 5.41) is 9.39. The summed E-state index contributed by atoms with van der Waals surface area (Å²) in [6.07, 6.45) is 0.669. The van der Waals surface area contributed by atoms with Crippen molar-refractivity contribution in [2.45, 2.75) is 24.8 Å². The predicted molar refractivity (Wildman–Crippen MR) is 116 cm³/mol. The van der Waals surface area contributed by atoms with E-state index >= 15 is 0 Å². The van der Waals surface area contributed by atoms with E-state index in [1.54, 1.807) is 6.92 Å². The number of rotatable bonds is 8. The second-order valence-electron chi connectivity index (χ2n) is 6.63. The Morgan fingerprint density at radius 2 is 1.97 bits per heavy atom. The smallest absolute Gasteiger partial charge is 0.348 e. The van der Waals surface area contributed by atoms with Crippen LogP contribution in [-0.2, 0) is 30.9 Å². The quantitative estimate of drug-likeness (QED) is 0.513. The van der Waals surface area contributed by atoms with Gasteiger partial charge < -0.3 is 24.7 Å². The van der Waals surface area contributed by atoms with Gasteiger partial charge in [0.25, 0.3) is 0 Å². The van der Waals surface area contributed by atoms with Crippen molar-refractivity contribution in [3.8, 4) is 17.6 Å². The van der Waals surface area contributed by atoms with Crippen LogP contribution in [-0.4, -0.2) is 46.7 Å². The number of ether oxygens (including phenoxy) is 4. The first-order chi connectivity index (χ1) is 15.8. The standard InChI is InChI=1S/C20H21N3O8S2/c1-2-28-20(25)18-14(13(9-21)19(22)32-18)11-31-17(24)10-23-33(26,27)12-4-5-15-16(8-12)30-7-3-6-29-15/h4-5,8,23H,2-3,6-7,10-11,22H2,1H3. The first kappa shape index (κ1) is 24.3. The molecule has 2 aromatic rings. The van der Waals surface area contributed by atoms with E-state index in [1.165, 1.54) is 18.2 Å². The summed E-state index contributed by atoms with van der Waals surface area (Å²) in [5.74, 6) is -0.886. The summed E-state index contributed by atoms with van der Waals surface area (Å²) in [4.78, 5) is 24.2. The van der Waals surface area contributed by atoms with E-state index in [2.05, 4.69) is 4.72 Å². The average Bonchev–Trinajstić information content (AvgIpc) is 2.95. The minimum atomic E-state index is -4.05. The number of nitrogens with two attached hydrogens (primary N) is 1. The Morgan fingerprint density at radius 1 is 1.24 bits per heavy atom. The second-order valence-corrected chi connectivity index (χ2v) is 9.44. The molecule has 0 aliphatic carbocycles. The van der Waals surface area contributed by atoms with Crippen LogP contribution in [0, 0.1) is 11.3 Å². The van der Waals surface area contributed by atoms with Crippen molar-refractivity contribution >= 4 is 38.3 Å². The molecule has 2 heterocycles. The second kappa shape index (κ2) is 10.5. The minimum Gasteiger partial charge on any atom is -0.490 e. The van der Waals surface area contributed by atoms with Crippen molar-refractivity contribution in [2.24, 2.45) is 0 Å². The van der Waals surface area contributed by atoms with Crippen molar-refractivity contribution in [3.63, 3.8) is 0 Å². The Morgan fingerprint density at radius 3 is 2.67 bits per heavy atom. The molecule has 0 bridgehead atoms. The number of esters is 2. The molecule has 0 atom stereocenters. The summed E-state index contributed by atoms with van der Waals surface area (Å²) in [7, 11) is -4.05. The highest BCUT2D eigenvalue weighted by atomic mass is 32.2. The number of thiophene rings is 1. The van der Waals surface area contributed by atoms with Gasteiger partial charge in [-0.15, -0.1) is 11.3 Å². The molecule has 3 rings (SSSR count). The van der Waals surface area contributed by atoms with E-state index in [0.29, 0.717) is 31.1 Å². The molecule has 0 amide bonds. The fraction of sp³-hybridized carbons (Fsp3) is 0.350. The molecule has 0 radical (unpaired) electrons. The van der Waals surface area contributed by atoms with E-state index < -0.39 is 35.1 Å². The molecule has 11 nitrogen and oxygen atoms in total. The van der Waals surface area contributed by atoms with Crippen LogP contribution < -0.4 is 19.9 Å². The first-order valence-electron chi connectivity index (χ1n) is 9.80. The summed E-state index contributed by atoms with van der Waals surface area (Å²) >= 11 is 0.849. The Labute approximate surface area is 194 Å². The fourth-order valence-electron chi connectivity index (χ4n) is 2.86. The van der Waals surface area contributed by atoms with Crippen LogP contribution in [0.5, 0.6) is 11.5 Å². The molecule has 0 unspecified atom stereocenters. The van der Waals surface area contributed by atoms with Crippen LogP contribution in [0.25, 0.3) is 0 Å². The van der Waals surface area contributed by atoms with Gasteiger partial charge in [-0.1, -0.05) is 0 Å².